The molecule has 0 aliphatic carbocycles. The van der Waals surface area contributed by atoms with Crippen LogP contribution < -0.4 is 0 Å². The third-order valence-electron chi connectivity index (χ3n) is 2.54. The van der Waals surface area contributed by atoms with Crippen molar-refractivity contribution in [3.63, 3.8) is 0 Å². The van der Waals surface area contributed by atoms with Gasteiger partial charge in [-0.25, -0.2) is 13.4 Å². The predicted octanol–water partition coefficient (Wildman–Crippen LogP) is 1.79. The molecule has 18 heavy (non-hydrogen) atoms. The van der Waals surface area contributed by atoms with Gasteiger partial charge in [0.25, 0.3) is 0 Å². The van der Waals surface area contributed by atoms with Crippen molar-refractivity contribution in [1.82, 2.24) is 15.2 Å². The van der Waals surface area contributed by atoms with E-state index in [2.05, 4.69) is 15.2 Å². The van der Waals surface area contributed by atoms with Crippen molar-refractivity contribution in [3.8, 4) is 0 Å². The quantitative estimate of drug-likeness (QED) is 0.839. The molecule has 1 aromatic heterocycles. The van der Waals surface area contributed by atoms with Crippen LogP contribution in [0.5, 0.6) is 0 Å². The number of nitrogens with one attached hydrogen (secondary N) is 2. The topological polar surface area (TPSA) is 78.6 Å². The Kier molecular flexibility index (Phi) is 3.63. The van der Waals surface area contributed by atoms with E-state index in [1.54, 1.807) is 24.3 Å². The highest BCUT2D eigenvalue weighted by molar-refractivity contribution is 7.91. The van der Waals surface area contributed by atoms with Crippen molar-refractivity contribution in [2.24, 2.45) is 0 Å². The minimum absolute atomic E-state index is 0.00614. The lowest BCUT2D eigenvalue weighted by Crippen LogP contribution is -2.10. The second kappa shape index (κ2) is 5.03. The highest BCUT2D eigenvalue weighted by Gasteiger charge is 2.14. The van der Waals surface area contributed by atoms with Gasteiger partial charge in [-0.05, 0) is 31.3 Å². The average Bonchev–Trinajstić information content (AvgIpc) is 2.73. The van der Waals surface area contributed by atoms with E-state index in [9.17, 15) is 8.42 Å². The van der Waals surface area contributed by atoms with Gasteiger partial charge in [0.1, 0.15) is 5.82 Å². The monoisotopic (exact) mass is 283 g/mol. The average molecular weight is 283 g/mol. The van der Waals surface area contributed by atoms with Crippen molar-refractivity contribution in [3.05, 3.63) is 40.4 Å². The Morgan fingerprint density at radius 2 is 1.89 bits per heavy atom. The molecule has 7 heteroatoms. The van der Waals surface area contributed by atoms with Gasteiger partial charge in [-0.1, -0.05) is 17.7 Å². The summed E-state index contributed by atoms with van der Waals surface area (Å²) in [6, 6.07) is 6.82. The lowest BCUT2D eigenvalue weighted by atomic mass is 10.2. The van der Waals surface area contributed by atoms with Crippen LogP contribution >= 0.6 is 12.2 Å². The standard InChI is InChI=1S/C11H13N3O2S2/c1-8-2-4-9(5-3-8)18(15,16)7-6-10-12-11(17)14-13-10/h2-5H,6-7H2,1H3,(H2,12,13,14,17). The van der Waals surface area contributed by atoms with Gasteiger partial charge in [-0.2, -0.15) is 0 Å². The van der Waals surface area contributed by atoms with Crippen LogP contribution in [-0.4, -0.2) is 29.4 Å². The molecule has 1 aromatic carbocycles. The number of sulfone groups is 1. The molecule has 0 aliphatic heterocycles. The first-order valence-electron chi connectivity index (χ1n) is 5.40. The Morgan fingerprint density at radius 1 is 1.22 bits per heavy atom. The van der Waals surface area contributed by atoms with E-state index in [1.165, 1.54) is 0 Å². The van der Waals surface area contributed by atoms with Crippen molar-refractivity contribution in [2.45, 2.75) is 18.2 Å². The number of hydrogen-bond donors (Lipinski definition) is 2. The summed E-state index contributed by atoms with van der Waals surface area (Å²) < 4.78 is 24.4. The molecular formula is C11H13N3O2S2. The number of benzene rings is 1. The number of hydrogen-bond acceptors (Lipinski definition) is 4. The first-order valence-corrected chi connectivity index (χ1v) is 7.46. The smallest absolute Gasteiger partial charge is 0.213 e. The van der Waals surface area contributed by atoms with Crippen LogP contribution in [0.25, 0.3) is 0 Å². The minimum Gasteiger partial charge on any atom is -0.286 e. The molecule has 5 nitrogen and oxygen atoms in total. The molecule has 0 radical (unpaired) electrons. The zero-order valence-electron chi connectivity index (χ0n) is 9.80. The summed E-state index contributed by atoms with van der Waals surface area (Å²) in [5.74, 6) is 0.558. The molecule has 0 amide bonds. The molecule has 0 spiro atoms. The highest BCUT2D eigenvalue weighted by atomic mass is 32.2. The first kappa shape index (κ1) is 13.0. The minimum atomic E-state index is -3.27. The molecule has 96 valence electrons. The third-order valence-corrected chi connectivity index (χ3v) is 4.46. The Labute approximate surface area is 110 Å². The van der Waals surface area contributed by atoms with Crippen molar-refractivity contribution >= 4 is 22.1 Å². The number of aromatic amines is 2. The number of rotatable bonds is 4. The van der Waals surface area contributed by atoms with Gasteiger partial charge >= 0.3 is 0 Å². The SMILES string of the molecule is Cc1ccc(S(=O)(=O)CCc2nc(=S)[nH][nH]2)cc1. The zero-order chi connectivity index (χ0) is 13.2. The Balaban J connectivity index is 2.12. The highest BCUT2D eigenvalue weighted by Crippen LogP contribution is 2.13. The molecule has 0 saturated heterocycles. The van der Waals surface area contributed by atoms with Crippen LogP contribution in [0.15, 0.2) is 29.2 Å². The maximum absolute atomic E-state index is 12.0. The second-order valence-electron chi connectivity index (χ2n) is 4.00. The summed E-state index contributed by atoms with van der Waals surface area (Å²) in [6.07, 6.45) is 0.309. The van der Waals surface area contributed by atoms with E-state index in [4.69, 9.17) is 12.2 Å². The summed E-state index contributed by atoms with van der Waals surface area (Å²) in [5.41, 5.74) is 1.03. The number of nitrogens with zero attached hydrogens (tertiary/aromatic N) is 1. The van der Waals surface area contributed by atoms with E-state index in [0.717, 1.165) is 5.56 Å². The fraction of sp³-hybridized carbons (Fsp3) is 0.273. The van der Waals surface area contributed by atoms with Crippen molar-refractivity contribution < 1.29 is 8.42 Å². The summed E-state index contributed by atoms with van der Waals surface area (Å²) in [7, 11) is -3.27. The lowest BCUT2D eigenvalue weighted by molar-refractivity contribution is 0.594. The molecule has 0 saturated carbocycles. The molecule has 0 aliphatic rings. The third kappa shape index (κ3) is 3.05. The van der Waals surface area contributed by atoms with Crippen LogP contribution in [0.1, 0.15) is 11.4 Å². The summed E-state index contributed by atoms with van der Waals surface area (Å²) in [4.78, 5) is 4.30. The van der Waals surface area contributed by atoms with Crippen LogP contribution in [-0.2, 0) is 16.3 Å². The van der Waals surface area contributed by atoms with Gasteiger partial charge in [0, 0.05) is 6.42 Å². The second-order valence-corrected chi connectivity index (χ2v) is 6.49. The van der Waals surface area contributed by atoms with Crippen LogP contribution in [0.4, 0.5) is 0 Å². The van der Waals surface area contributed by atoms with Crippen LogP contribution in [0.3, 0.4) is 0 Å². The van der Waals surface area contributed by atoms with Gasteiger partial charge in [-0.15, -0.1) is 0 Å². The molecule has 0 atom stereocenters. The summed E-state index contributed by atoms with van der Waals surface area (Å²) in [5, 5.41) is 5.37. The van der Waals surface area contributed by atoms with Gasteiger partial charge in [-0.3, -0.25) is 10.2 Å². The first-order chi connectivity index (χ1) is 8.47. The molecule has 2 N–H and O–H groups in total. The maximum Gasteiger partial charge on any atom is 0.213 e. The maximum atomic E-state index is 12.0. The molecular weight excluding hydrogens is 270 g/mol. The molecule has 0 fully saturated rings. The fourth-order valence-corrected chi connectivity index (χ4v) is 2.93. The predicted molar refractivity (Wildman–Crippen MR) is 70.7 cm³/mol. The molecule has 1 heterocycles. The van der Waals surface area contributed by atoms with E-state index >= 15 is 0 Å². The van der Waals surface area contributed by atoms with E-state index in [-0.39, 0.29) is 5.75 Å². The van der Waals surface area contributed by atoms with Crippen LogP contribution in [0.2, 0.25) is 0 Å². The van der Waals surface area contributed by atoms with Gasteiger partial charge in [0.2, 0.25) is 4.77 Å². The van der Waals surface area contributed by atoms with Crippen molar-refractivity contribution in [1.29, 1.82) is 0 Å². The van der Waals surface area contributed by atoms with Gasteiger partial charge in [0.15, 0.2) is 9.84 Å². The Hall–Kier alpha value is -1.47. The fourth-order valence-electron chi connectivity index (χ4n) is 1.52. The largest absolute Gasteiger partial charge is 0.286 e. The summed E-state index contributed by atoms with van der Waals surface area (Å²) in [6.45, 7) is 1.92. The van der Waals surface area contributed by atoms with Crippen LogP contribution in [0, 0.1) is 11.7 Å². The summed E-state index contributed by atoms with van der Waals surface area (Å²) >= 11 is 4.80. The lowest BCUT2D eigenvalue weighted by Gasteiger charge is -2.03. The zero-order valence-corrected chi connectivity index (χ0v) is 11.4. The molecule has 2 rings (SSSR count). The number of aryl methyl sites for hydroxylation is 2. The molecule has 2 aromatic rings. The number of H-pyrrole nitrogens is 2. The van der Waals surface area contributed by atoms with Gasteiger partial charge in [0.05, 0.1) is 10.6 Å². The molecule has 0 bridgehead atoms. The Bertz CT molecular complexity index is 684. The van der Waals surface area contributed by atoms with E-state index in [1.807, 2.05) is 6.92 Å². The van der Waals surface area contributed by atoms with E-state index in [0.29, 0.717) is 21.9 Å². The Morgan fingerprint density at radius 3 is 2.44 bits per heavy atom. The molecule has 0 unspecified atom stereocenters. The number of aromatic nitrogens is 3. The normalized spacial score (nSPS) is 11.6. The van der Waals surface area contributed by atoms with E-state index < -0.39 is 9.84 Å². The van der Waals surface area contributed by atoms with Crippen molar-refractivity contribution in [2.75, 3.05) is 5.75 Å². The van der Waals surface area contributed by atoms with Gasteiger partial charge < -0.3 is 0 Å².